The molecule has 256 valence electrons. The molecule has 0 rings (SSSR count). The van der Waals surface area contributed by atoms with Crippen molar-refractivity contribution in [2.75, 3.05) is 0 Å². The first kappa shape index (κ1) is 42.2. The minimum Gasteiger partial charge on any atom is -0.481 e. The summed E-state index contributed by atoms with van der Waals surface area (Å²) in [6.07, 6.45) is 46.0. The SMILES string of the molecule is CCCCC/C=C\C/C=C\C(CCCCCCCCC(=O)O)OC(=O)CCCCCCCCC/C=C\CCCCCCCC. The normalized spacial score (nSPS) is 12.6. The van der Waals surface area contributed by atoms with E-state index in [0.29, 0.717) is 6.42 Å². The van der Waals surface area contributed by atoms with E-state index in [0.717, 1.165) is 70.6 Å². The van der Waals surface area contributed by atoms with Gasteiger partial charge in [0, 0.05) is 12.8 Å². The smallest absolute Gasteiger partial charge is 0.306 e. The van der Waals surface area contributed by atoms with Crippen LogP contribution in [-0.2, 0) is 14.3 Å². The van der Waals surface area contributed by atoms with Gasteiger partial charge >= 0.3 is 11.9 Å². The van der Waals surface area contributed by atoms with Gasteiger partial charge in [-0.1, -0.05) is 147 Å². The number of hydrogen-bond donors (Lipinski definition) is 1. The average molecular weight is 617 g/mol. The molecule has 0 heterocycles. The van der Waals surface area contributed by atoms with Crippen LogP contribution < -0.4 is 0 Å². The molecule has 44 heavy (non-hydrogen) atoms. The van der Waals surface area contributed by atoms with E-state index in [-0.39, 0.29) is 18.5 Å². The summed E-state index contributed by atoms with van der Waals surface area (Å²) in [5, 5.41) is 8.76. The average Bonchev–Trinajstić information content (AvgIpc) is 3.01. The highest BCUT2D eigenvalue weighted by atomic mass is 16.5. The molecule has 0 aliphatic heterocycles. The summed E-state index contributed by atoms with van der Waals surface area (Å²) >= 11 is 0. The standard InChI is InChI=1S/C40H72O4/c1-3-5-7-9-11-13-14-15-16-17-18-19-20-21-23-29-33-37-40(43)44-38(34-30-26-22-12-10-8-6-4-2)35-31-27-24-25-28-32-36-39(41)42/h12,15-16,22,30,34,38H,3-11,13-14,17-21,23-29,31-33,35-37H2,1-2H3,(H,41,42)/b16-15-,22-12-,34-30-. The highest BCUT2D eigenvalue weighted by Gasteiger charge is 2.11. The third kappa shape index (κ3) is 34.6. The van der Waals surface area contributed by atoms with Crippen molar-refractivity contribution in [1.29, 1.82) is 0 Å². The summed E-state index contributed by atoms with van der Waals surface area (Å²) in [6.45, 7) is 4.50. The van der Waals surface area contributed by atoms with Crippen LogP contribution in [-0.4, -0.2) is 23.1 Å². The third-order valence-electron chi connectivity index (χ3n) is 8.32. The third-order valence-corrected chi connectivity index (χ3v) is 8.32. The number of rotatable bonds is 34. The number of allylic oxidation sites excluding steroid dienone is 5. The molecule has 1 N–H and O–H groups in total. The van der Waals surface area contributed by atoms with Crippen LogP contribution in [0.15, 0.2) is 36.5 Å². The number of unbranched alkanes of at least 4 members (excludes halogenated alkanes) is 21. The lowest BCUT2D eigenvalue weighted by Gasteiger charge is -2.14. The van der Waals surface area contributed by atoms with Gasteiger partial charge in [0.05, 0.1) is 0 Å². The first-order valence-electron chi connectivity index (χ1n) is 19.0. The van der Waals surface area contributed by atoms with E-state index in [2.05, 4.69) is 50.3 Å². The van der Waals surface area contributed by atoms with Crippen LogP contribution in [0.2, 0.25) is 0 Å². The molecule has 0 aromatic heterocycles. The molecule has 1 atom stereocenters. The van der Waals surface area contributed by atoms with Crippen molar-refractivity contribution in [2.45, 2.75) is 206 Å². The molecule has 4 heteroatoms. The molecule has 0 aromatic rings. The number of carboxylic acids is 1. The van der Waals surface area contributed by atoms with Gasteiger partial charge in [0.25, 0.3) is 0 Å². The highest BCUT2D eigenvalue weighted by Crippen LogP contribution is 2.15. The Morgan fingerprint density at radius 3 is 1.52 bits per heavy atom. The fourth-order valence-corrected chi connectivity index (χ4v) is 5.48. The van der Waals surface area contributed by atoms with E-state index in [4.69, 9.17) is 9.84 Å². The Kier molecular flexibility index (Phi) is 34.1. The van der Waals surface area contributed by atoms with Crippen LogP contribution in [0.4, 0.5) is 0 Å². The van der Waals surface area contributed by atoms with E-state index >= 15 is 0 Å². The van der Waals surface area contributed by atoms with Crippen LogP contribution in [0.3, 0.4) is 0 Å². The maximum atomic E-state index is 12.6. The van der Waals surface area contributed by atoms with Gasteiger partial charge in [0.1, 0.15) is 6.10 Å². The summed E-state index contributed by atoms with van der Waals surface area (Å²) in [6, 6.07) is 0. The van der Waals surface area contributed by atoms with Crippen LogP contribution in [0.5, 0.6) is 0 Å². The predicted octanol–water partition coefficient (Wildman–Crippen LogP) is 13.0. The summed E-state index contributed by atoms with van der Waals surface area (Å²) in [5.41, 5.74) is 0. The highest BCUT2D eigenvalue weighted by molar-refractivity contribution is 5.69. The number of aliphatic carboxylic acids is 1. The number of hydrogen-bond acceptors (Lipinski definition) is 3. The van der Waals surface area contributed by atoms with Gasteiger partial charge < -0.3 is 9.84 Å². The van der Waals surface area contributed by atoms with Crippen LogP contribution >= 0.6 is 0 Å². The van der Waals surface area contributed by atoms with Crippen LogP contribution in [0, 0.1) is 0 Å². The van der Waals surface area contributed by atoms with E-state index in [1.54, 1.807) is 0 Å². The molecule has 1 unspecified atom stereocenters. The molecule has 0 radical (unpaired) electrons. The quantitative estimate of drug-likeness (QED) is 0.0444. The second-order valence-corrected chi connectivity index (χ2v) is 12.8. The number of ether oxygens (including phenoxy) is 1. The van der Waals surface area contributed by atoms with Gasteiger partial charge in [0.15, 0.2) is 0 Å². The maximum Gasteiger partial charge on any atom is 0.306 e. The van der Waals surface area contributed by atoms with Crippen molar-refractivity contribution in [3.05, 3.63) is 36.5 Å². The monoisotopic (exact) mass is 617 g/mol. The second-order valence-electron chi connectivity index (χ2n) is 12.8. The van der Waals surface area contributed by atoms with Crippen molar-refractivity contribution >= 4 is 11.9 Å². The van der Waals surface area contributed by atoms with Gasteiger partial charge in [0.2, 0.25) is 0 Å². The predicted molar refractivity (Wildman–Crippen MR) is 190 cm³/mol. The summed E-state index contributed by atoms with van der Waals surface area (Å²) in [4.78, 5) is 23.2. The molecular weight excluding hydrogens is 544 g/mol. The number of carboxylic acid groups (broad SMARTS) is 1. The minimum atomic E-state index is -0.704. The van der Waals surface area contributed by atoms with E-state index in [1.165, 1.54) is 103 Å². The summed E-state index contributed by atoms with van der Waals surface area (Å²) in [5.74, 6) is -0.763. The zero-order valence-corrected chi connectivity index (χ0v) is 29.2. The minimum absolute atomic E-state index is 0.0591. The zero-order valence-electron chi connectivity index (χ0n) is 29.2. The molecule has 4 nitrogen and oxygen atoms in total. The van der Waals surface area contributed by atoms with E-state index in [9.17, 15) is 9.59 Å². The Hall–Kier alpha value is -1.84. The molecular formula is C40H72O4. The molecule has 0 amide bonds. The first-order valence-corrected chi connectivity index (χ1v) is 19.0. The molecule has 0 saturated heterocycles. The second kappa shape index (κ2) is 35.6. The number of carbonyl (C=O) groups excluding carboxylic acids is 1. The molecule has 0 aliphatic rings. The van der Waals surface area contributed by atoms with Gasteiger partial charge in [-0.15, -0.1) is 0 Å². The van der Waals surface area contributed by atoms with Crippen LogP contribution in [0.25, 0.3) is 0 Å². The Bertz CT molecular complexity index is 708. The topological polar surface area (TPSA) is 63.6 Å². The molecule has 0 spiro atoms. The fraction of sp³-hybridized carbons (Fsp3) is 0.800. The van der Waals surface area contributed by atoms with Crippen molar-refractivity contribution in [3.8, 4) is 0 Å². The van der Waals surface area contributed by atoms with Gasteiger partial charge in [-0.3, -0.25) is 9.59 Å². The van der Waals surface area contributed by atoms with Crippen molar-refractivity contribution in [2.24, 2.45) is 0 Å². The fourth-order valence-electron chi connectivity index (χ4n) is 5.48. The number of carbonyl (C=O) groups is 2. The lowest BCUT2D eigenvalue weighted by Crippen LogP contribution is -2.16. The van der Waals surface area contributed by atoms with Crippen molar-refractivity contribution in [1.82, 2.24) is 0 Å². The molecule has 0 bridgehead atoms. The molecule has 0 aliphatic carbocycles. The zero-order chi connectivity index (χ0) is 32.2. The van der Waals surface area contributed by atoms with Gasteiger partial charge in [-0.05, 0) is 76.7 Å². The maximum absolute atomic E-state index is 12.6. The van der Waals surface area contributed by atoms with E-state index < -0.39 is 5.97 Å². The first-order chi connectivity index (χ1) is 21.6. The Labute approximate surface area is 273 Å². The van der Waals surface area contributed by atoms with Gasteiger partial charge in [-0.2, -0.15) is 0 Å². The molecule has 0 fully saturated rings. The lowest BCUT2D eigenvalue weighted by atomic mass is 10.1. The Balaban J connectivity index is 4.04. The number of esters is 1. The molecule has 0 aromatic carbocycles. The van der Waals surface area contributed by atoms with Crippen molar-refractivity contribution in [3.63, 3.8) is 0 Å². The molecule has 0 saturated carbocycles. The lowest BCUT2D eigenvalue weighted by molar-refractivity contribution is -0.147. The Morgan fingerprint density at radius 1 is 0.523 bits per heavy atom. The van der Waals surface area contributed by atoms with E-state index in [1.807, 2.05) is 0 Å². The summed E-state index contributed by atoms with van der Waals surface area (Å²) in [7, 11) is 0. The van der Waals surface area contributed by atoms with Crippen LogP contribution in [0.1, 0.15) is 200 Å². The Morgan fingerprint density at radius 2 is 0.955 bits per heavy atom. The van der Waals surface area contributed by atoms with Crippen molar-refractivity contribution < 1.29 is 19.4 Å². The van der Waals surface area contributed by atoms with Gasteiger partial charge in [-0.25, -0.2) is 0 Å². The summed E-state index contributed by atoms with van der Waals surface area (Å²) < 4.78 is 5.89. The largest absolute Gasteiger partial charge is 0.481 e.